The van der Waals surface area contributed by atoms with Crippen LogP contribution in [0, 0.1) is 6.92 Å². The third-order valence-corrected chi connectivity index (χ3v) is 2.19. The Morgan fingerprint density at radius 3 is 1.71 bits per heavy atom. The molecular formula is C12H18O5. The van der Waals surface area contributed by atoms with Gasteiger partial charge in [0.25, 0.3) is 0 Å². The summed E-state index contributed by atoms with van der Waals surface area (Å²) in [5.74, 6) is 1.99. The largest absolute Gasteiger partial charge is 0.496 e. The maximum atomic E-state index is 5.43. The van der Waals surface area contributed by atoms with Crippen molar-refractivity contribution in [3.05, 3.63) is 17.7 Å². The van der Waals surface area contributed by atoms with Gasteiger partial charge in [0.05, 0.1) is 7.11 Å². The molecule has 0 saturated carbocycles. The molecule has 0 unspecified atom stereocenters. The summed E-state index contributed by atoms with van der Waals surface area (Å²) in [5.41, 5.74) is 0.875. The van der Waals surface area contributed by atoms with Crippen LogP contribution in [0.5, 0.6) is 17.2 Å². The molecule has 0 spiro atoms. The van der Waals surface area contributed by atoms with Crippen molar-refractivity contribution in [2.75, 3.05) is 34.9 Å². The van der Waals surface area contributed by atoms with E-state index >= 15 is 0 Å². The van der Waals surface area contributed by atoms with E-state index in [1.54, 1.807) is 33.5 Å². The highest BCUT2D eigenvalue weighted by Crippen LogP contribution is 2.33. The van der Waals surface area contributed by atoms with Gasteiger partial charge in [0.2, 0.25) is 0 Å². The first-order valence-corrected chi connectivity index (χ1v) is 5.15. The SMILES string of the molecule is COCOc1cc(OC)cc(OCOC)c1C. The van der Waals surface area contributed by atoms with Crippen LogP contribution < -0.4 is 14.2 Å². The zero-order chi connectivity index (χ0) is 12.7. The average molecular weight is 242 g/mol. The Morgan fingerprint density at radius 1 is 0.882 bits per heavy atom. The molecule has 96 valence electrons. The van der Waals surface area contributed by atoms with Crippen LogP contribution in [0.15, 0.2) is 12.1 Å². The Balaban J connectivity index is 2.94. The summed E-state index contributed by atoms with van der Waals surface area (Å²) in [7, 11) is 4.72. The van der Waals surface area contributed by atoms with Gasteiger partial charge < -0.3 is 23.7 Å². The molecule has 1 aromatic rings. The molecule has 0 N–H and O–H groups in total. The molecule has 0 aliphatic carbocycles. The molecule has 0 heterocycles. The lowest BCUT2D eigenvalue weighted by Gasteiger charge is -2.14. The van der Waals surface area contributed by atoms with Crippen molar-refractivity contribution in [1.82, 2.24) is 0 Å². The predicted molar refractivity (Wildman–Crippen MR) is 62.7 cm³/mol. The first kappa shape index (κ1) is 13.6. The molecule has 5 nitrogen and oxygen atoms in total. The lowest BCUT2D eigenvalue weighted by Crippen LogP contribution is -2.04. The molecule has 0 aliphatic heterocycles. The van der Waals surface area contributed by atoms with Gasteiger partial charge >= 0.3 is 0 Å². The van der Waals surface area contributed by atoms with Crippen LogP contribution in [0.25, 0.3) is 0 Å². The quantitative estimate of drug-likeness (QED) is 0.684. The van der Waals surface area contributed by atoms with E-state index in [-0.39, 0.29) is 13.6 Å². The highest BCUT2D eigenvalue weighted by molar-refractivity contribution is 5.49. The standard InChI is InChI=1S/C12H18O5/c1-9-11(16-7-13-2)5-10(15-4)6-12(9)17-8-14-3/h5-6H,7-8H2,1-4H3. The van der Waals surface area contributed by atoms with Gasteiger partial charge in [0, 0.05) is 31.9 Å². The Bertz CT molecular complexity index is 322. The molecule has 1 rings (SSSR count). The van der Waals surface area contributed by atoms with Crippen LogP contribution >= 0.6 is 0 Å². The third kappa shape index (κ3) is 3.80. The maximum Gasteiger partial charge on any atom is 0.188 e. The maximum absolute atomic E-state index is 5.43. The molecule has 0 fully saturated rings. The van der Waals surface area contributed by atoms with E-state index in [0.29, 0.717) is 17.2 Å². The number of methoxy groups -OCH3 is 3. The molecule has 0 amide bonds. The minimum atomic E-state index is 0.178. The highest BCUT2D eigenvalue weighted by Gasteiger charge is 2.10. The van der Waals surface area contributed by atoms with Crippen molar-refractivity contribution in [2.24, 2.45) is 0 Å². The first-order valence-electron chi connectivity index (χ1n) is 5.15. The average Bonchev–Trinajstić information content (AvgIpc) is 2.36. The lowest BCUT2D eigenvalue weighted by molar-refractivity contribution is 0.0448. The fraction of sp³-hybridized carbons (Fsp3) is 0.500. The van der Waals surface area contributed by atoms with E-state index < -0.39 is 0 Å². The van der Waals surface area contributed by atoms with Gasteiger partial charge in [-0.3, -0.25) is 0 Å². The van der Waals surface area contributed by atoms with Gasteiger partial charge in [-0.2, -0.15) is 0 Å². The van der Waals surface area contributed by atoms with Crippen molar-refractivity contribution in [2.45, 2.75) is 6.92 Å². The fourth-order valence-electron chi connectivity index (χ4n) is 1.30. The van der Waals surface area contributed by atoms with Gasteiger partial charge in [-0.25, -0.2) is 0 Å². The Labute approximate surface area is 101 Å². The summed E-state index contributed by atoms with van der Waals surface area (Å²) >= 11 is 0. The summed E-state index contributed by atoms with van der Waals surface area (Å²) in [6.07, 6.45) is 0. The number of rotatable bonds is 7. The van der Waals surface area contributed by atoms with Gasteiger partial charge in [0.1, 0.15) is 17.2 Å². The van der Waals surface area contributed by atoms with E-state index in [1.165, 1.54) is 0 Å². The first-order chi connectivity index (χ1) is 8.22. The second-order valence-corrected chi connectivity index (χ2v) is 3.35. The zero-order valence-corrected chi connectivity index (χ0v) is 10.6. The number of hydrogen-bond donors (Lipinski definition) is 0. The summed E-state index contributed by atoms with van der Waals surface area (Å²) in [6, 6.07) is 3.57. The Hall–Kier alpha value is -1.46. The van der Waals surface area contributed by atoms with Crippen molar-refractivity contribution < 1.29 is 23.7 Å². The number of ether oxygens (including phenoxy) is 5. The minimum absolute atomic E-state index is 0.178. The Morgan fingerprint density at radius 2 is 1.35 bits per heavy atom. The zero-order valence-electron chi connectivity index (χ0n) is 10.6. The van der Waals surface area contributed by atoms with E-state index in [0.717, 1.165) is 5.56 Å². The fourth-order valence-corrected chi connectivity index (χ4v) is 1.30. The monoisotopic (exact) mass is 242 g/mol. The molecular weight excluding hydrogens is 224 g/mol. The molecule has 0 saturated heterocycles. The second kappa shape index (κ2) is 6.98. The van der Waals surface area contributed by atoms with Crippen LogP contribution in [0.2, 0.25) is 0 Å². The smallest absolute Gasteiger partial charge is 0.188 e. The van der Waals surface area contributed by atoms with Crippen molar-refractivity contribution >= 4 is 0 Å². The van der Waals surface area contributed by atoms with E-state index in [1.807, 2.05) is 6.92 Å². The van der Waals surface area contributed by atoms with E-state index in [9.17, 15) is 0 Å². The van der Waals surface area contributed by atoms with Crippen molar-refractivity contribution in [1.29, 1.82) is 0 Å². The normalized spacial score (nSPS) is 10.1. The van der Waals surface area contributed by atoms with E-state index in [2.05, 4.69) is 0 Å². The molecule has 17 heavy (non-hydrogen) atoms. The second-order valence-electron chi connectivity index (χ2n) is 3.35. The number of hydrogen-bond acceptors (Lipinski definition) is 5. The molecule has 0 aromatic heterocycles. The van der Waals surface area contributed by atoms with Crippen LogP contribution in [0.1, 0.15) is 5.56 Å². The van der Waals surface area contributed by atoms with Crippen LogP contribution in [-0.4, -0.2) is 34.9 Å². The summed E-state index contributed by atoms with van der Waals surface area (Å²) in [5, 5.41) is 0. The molecule has 0 radical (unpaired) electrons. The van der Waals surface area contributed by atoms with Crippen molar-refractivity contribution in [3.8, 4) is 17.2 Å². The Kier molecular flexibility index (Phi) is 5.59. The van der Waals surface area contributed by atoms with Gasteiger partial charge in [0.15, 0.2) is 13.6 Å². The van der Waals surface area contributed by atoms with Crippen LogP contribution in [-0.2, 0) is 9.47 Å². The number of benzene rings is 1. The molecule has 5 heteroatoms. The lowest BCUT2D eigenvalue weighted by atomic mass is 10.2. The van der Waals surface area contributed by atoms with Gasteiger partial charge in [-0.15, -0.1) is 0 Å². The molecule has 1 aromatic carbocycles. The topological polar surface area (TPSA) is 46.2 Å². The molecule has 0 aliphatic rings. The minimum Gasteiger partial charge on any atom is -0.496 e. The van der Waals surface area contributed by atoms with Gasteiger partial charge in [-0.05, 0) is 6.92 Å². The highest BCUT2D eigenvalue weighted by atomic mass is 16.7. The summed E-state index contributed by atoms with van der Waals surface area (Å²) in [6.45, 7) is 2.25. The van der Waals surface area contributed by atoms with E-state index in [4.69, 9.17) is 23.7 Å². The van der Waals surface area contributed by atoms with Gasteiger partial charge in [-0.1, -0.05) is 0 Å². The van der Waals surface area contributed by atoms with Crippen molar-refractivity contribution in [3.63, 3.8) is 0 Å². The predicted octanol–water partition coefficient (Wildman–Crippen LogP) is 1.97. The third-order valence-electron chi connectivity index (χ3n) is 2.19. The van der Waals surface area contributed by atoms with Crippen LogP contribution in [0.3, 0.4) is 0 Å². The summed E-state index contributed by atoms with van der Waals surface area (Å²) < 4.78 is 25.8. The molecule has 0 atom stereocenters. The molecule has 0 bridgehead atoms. The van der Waals surface area contributed by atoms with Crippen LogP contribution in [0.4, 0.5) is 0 Å². The summed E-state index contributed by atoms with van der Waals surface area (Å²) in [4.78, 5) is 0.